The Balaban J connectivity index is 0.000000500. The second kappa shape index (κ2) is 3.83. The van der Waals surface area contributed by atoms with Crippen LogP contribution in [0.4, 0.5) is 0 Å². The Morgan fingerprint density at radius 2 is 2.10 bits per heavy atom. The normalized spacial score (nSPS) is 41.9. The number of fused-ring (bicyclic) bond motifs is 2. The molecule has 0 saturated heterocycles. The molecule has 2 rings (SSSR count). The van der Waals surface area contributed by atoms with Crippen LogP contribution in [0, 0.1) is 17.8 Å². The third-order valence-electron chi connectivity index (χ3n) is 2.63. The summed E-state index contributed by atoms with van der Waals surface area (Å²) in [4.78, 5) is 0. The van der Waals surface area contributed by atoms with Crippen molar-refractivity contribution in [2.24, 2.45) is 17.8 Å². The quantitative estimate of drug-likeness (QED) is 0.310. The summed E-state index contributed by atoms with van der Waals surface area (Å²) >= 11 is 0. The largest absolute Gasteiger partial charge is 1.00 e. The maximum Gasteiger partial charge on any atom is 1.00 e. The average Bonchev–Trinajstić information content (AvgIpc) is 2.45. The van der Waals surface area contributed by atoms with E-state index in [-0.39, 0.29) is 58.0 Å². The molecule has 0 amide bonds. The summed E-state index contributed by atoms with van der Waals surface area (Å²) in [6, 6.07) is 0. The van der Waals surface area contributed by atoms with E-state index in [4.69, 9.17) is 0 Å². The van der Waals surface area contributed by atoms with Gasteiger partial charge in [0.05, 0.1) is 0 Å². The first-order chi connectivity index (χ1) is 4.40. The molecule has 0 spiro atoms. The number of allylic oxidation sites excluding steroid dienone is 2. The Morgan fingerprint density at radius 1 is 1.30 bits per heavy atom. The predicted molar refractivity (Wildman–Crippen MR) is 33.7 cm³/mol. The van der Waals surface area contributed by atoms with Crippen molar-refractivity contribution >= 4 is 0 Å². The minimum absolute atomic E-state index is 0. The van der Waals surface area contributed by atoms with Gasteiger partial charge in [-0.1, -0.05) is 12.2 Å². The van der Waals surface area contributed by atoms with E-state index in [0.29, 0.717) is 11.8 Å². The Hall–Kier alpha value is 1.34. The van der Waals surface area contributed by atoms with Crippen molar-refractivity contribution in [2.75, 3.05) is 6.61 Å². The van der Waals surface area contributed by atoms with Gasteiger partial charge in [-0.25, -0.2) is 0 Å². The molecule has 3 unspecified atom stereocenters. The molecular formula is C8H11KO. The molecule has 0 aromatic rings. The van der Waals surface area contributed by atoms with Gasteiger partial charge in [-0.15, -0.1) is 6.61 Å². The molecule has 0 aromatic carbocycles. The topological polar surface area (TPSA) is 23.1 Å². The first-order valence-electron chi connectivity index (χ1n) is 3.66. The van der Waals surface area contributed by atoms with Gasteiger partial charge in [0.1, 0.15) is 0 Å². The summed E-state index contributed by atoms with van der Waals surface area (Å²) in [5.41, 5.74) is 0. The fraction of sp³-hybridized carbons (Fsp3) is 0.750. The second-order valence-corrected chi connectivity index (χ2v) is 3.21. The summed E-state index contributed by atoms with van der Waals surface area (Å²) in [5, 5.41) is 10.5. The standard InChI is InChI=1S/C8H11O.K/c9-5-8-4-6-1-2-7(8)3-6;/h1-2,6-8H,3-5H2;/q-1;+1. The van der Waals surface area contributed by atoms with Crippen molar-refractivity contribution in [3.63, 3.8) is 0 Å². The van der Waals surface area contributed by atoms with Gasteiger partial charge < -0.3 is 5.11 Å². The minimum atomic E-state index is 0. The summed E-state index contributed by atoms with van der Waals surface area (Å²) in [6.45, 7) is 0.144. The van der Waals surface area contributed by atoms with Gasteiger partial charge in [-0.3, -0.25) is 0 Å². The average molecular weight is 162 g/mol. The van der Waals surface area contributed by atoms with E-state index in [2.05, 4.69) is 12.2 Å². The monoisotopic (exact) mass is 162 g/mol. The summed E-state index contributed by atoms with van der Waals surface area (Å²) < 4.78 is 0. The summed E-state index contributed by atoms with van der Waals surface area (Å²) in [5.74, 6) is 1.92. The van der Waals surface area contributed by atoms with Gasteiger partial charge in [-0.2, -0.15) is 0 Å². The van der Waals surface area contributed by atoms with E-state index in [0.717, 1.165) is 5.92 Å². The van der Waals surface area contributed by atoms with E-state index in [1.54, 1.807) is 0 Å². The first-order valence-corrected chi connectivity index (χ1v) is 3.66. The van der Waals surface area contributed by atoms with Gasteiger partial charge in [-0.05, 0) is 30.6 Å². The summed E-state index contributed by atoms with van der Waals surface area (Å²) in [7, 11) is 0. The van der Waals surface area contributed by atoms with Crippen LogP contribution in [0.3, 0.4) is 0 Å². The van der Waals surface area contributed by atoms with E-state index in [1.807, 2.05) is 0 Å². The molecule has 1 nitrogen and oxygen atoms in total. The van der Waals surface area contributed by atoms with Crippen LogP contribution in [0.25, 0.3) is 0 Å². The van der Waals surface area contributed by atoms with Gasteiger partial charge in [0.25, 0.3) is 0 Å². The maximum absolute atomic E-state index is 10.5. The third-order valence-corrected chi connectivity index (χ3v) is 2.63. The molecule has 1 saturated carbocycles. The Morgan fingerprint density at radius 3 is 2.40 bits per heavy atom. The van der Waals surface area contributed by atoms with Gasteiger partial charge in [0.2, 0.25) is 0 Å². The van der Waals surface area contributed by atoms with Gasteiger partial charge in [0.15, 0.2) is 0 Å². The smallest absolute Gasteiger partial charge is 0.854 e. The van der Waals surface area contributed by atoms with Crippen LogP contribution in [0.2, 0.25) is 0 Å². The maximum atomic E-state index is 10.5. The molecule has 0 aliphatic heterocycles. The van der Waals surface area contributed by atoms with E-state index in [9.17, 15) is 5.11 Å². The van der Waals surface area contributed by atoms with E-state index in [1.165, 1.54) is 12.8 Å². The molecule has 1 fully saturated rings. The zero-order valence-electron chi connectivity index (χ0n) is 6.42. The van der Waals surface area contributed by atoms with Crippen molar-refractivity contribution < 1.29 is 56.5 Å². The minimum Gasteiger partial charge on any atom is -0.854 e. The zero-order chi connectivity index (χ0) is 6.27. The van der Waals surface area contributed by atoms with E-state index < -0.39 is 0 Å². The van der Waals surface area contributed by atoms with Crippen molar-refractivity contribution in [1.82, 2.24) is 0 Å². The van der Waals surface area contributed by atoms with Crippen LogP contribution >= 0.6 is 0 Å². The molecule has 2 aliphatic rings. The second-order valence-electron chi connectivity index (χ2n) is 3.21. The SMILES string of the molecule is [K+].[O-]CC1CC2C=CC1C2. The Labute approximate surface area is 104 Å². The molecule has 2 bridgehead atoms. The molecule has 0 heterocycles. The molecule has 2 heteroatoms. The van der Waals surface area contributed by atoms with Crippen LogP contribution in [0.1, 0.15) is 12.8 Å². The third kappa shape index (κ3) is 1.57. The Kier molecular flexibility index (Phi) is 3.61. The van der Waals surface area contributed by atoms with E-state index >= 15 is 0 Å². The van der Waals surface area contributed by atoms with Crippen LogP contribution in [0.15, 0.2) is 12.2 Å². The van der Waals surface area contributed by atoms with Crippen LogP contribution in [0.5, 0.6) is 0 Å². The fourth-order valence-electron chi connectivity index (χ4n) is 2.09. The molecular weight excluding hydrogens is 151 g/mol. The predicted octanol–water partition coefficient (Wildman–Crippen LogP) is -2.44. The van der Waals surface area contributed by atoms with Gasteiger partial charge >= 0.3 is 51.4 Å². The molecule has 10 heavy (non-hydrogen) atoms. The fourth-order valence-corrected chi connectivity index (χ4v) is 2.09. The van der Waals surface area contributed by atoms with Crippen molar-refractivity contribution in [2.45, 2.75) is 12.8 Å². The summed E-state index contributed by atoms with van der Waals surface area (Å²) in [6.07, 6.45) is 6.95. The van der Waals surface area contributed by atoms with Crippen LogP contribution in [-0.4, -0.2) is 6.61 Å². The number of hydrogen-bond acceptors (Lipinski definition) is 1. The van der Waals surface area contributed by atoms with Crippen LogP contribution in [-0.2, 0) is 0 Å². The Bertz CT molecular complexity index is 144. The molecule has 0 N–H and O–H groups in total. The zero-order valence-corrected chi connectivity index (χ0v) is 9.54. The molecule has 50 valence electrons. The number of rotatable bonds is 1. The van der Waals surface area contributed by atoms with Crippen molar-refractivity contribution in [1.29, 1.82) is 0 Å². The molecule has 0 aromatic heterocycles. The van der Waals surface area contributed by atoms with Crippen LogP contribution < -0.4 is 56.5 Å². The van der Waals surface area contributed by atoms with Crippen molar-refractivity contribution in [3.05, 3.63) is 12.2 Å². The number of hydrogen-bond donors (Lipinski definition) is 0. The first kappa shape index (κ1) is 9.42. The molecule has 3 atom stereocenters. The molecule has 0 radical (unpaired) electrons. The van der Waals surface area contributed by atoms with Gasteiger partial charge in [0, 0.05) is 0 Å². The van der Waals surface area contributed by atoms with Crippen molar-refractivity contribution in [3.8, 4) is 0 Å². The molecule has 2 aliphatic carbocycles.